The zero-order chi connectivity index (χ0) is 12.0. The van der Waals surface area contributed by atoms with Crippen LogP contribution in [0.15, 0.2) is 24.3 Å². The fraction of sp³-hybridized carbons (Fsp3) is 0.417. The molecule has 88 valence electrons. The van der Waals surface area contributed by atoms with Crippen LogP contribution in [-0.2, 0) is 4.79 Å². The Hall–Kier alpha value is -1.55. The quantitative estimate of drug-likeness (QED) is 0.798. The van der Waals surface area contributed by atoms with Gasteiger partial charge in [0.25, 0.3) is 0 Å². The van der Waals surface area contributed by atoms with E-state index in [0.717, 1.165) is 5.75 Å². The third kappa shape index (κ3) is 3.55. The van der Waals surface area contributed by atoms with Gasteiger partial charge in [-0.3, -0.25) is 4.79 Å². The number of rotatable bonds is 5. The number of nitrogens with two attached hydrogens (primary N) is 1. The maximum absolute atomic E-state index is 11.5. The first-order valence-electron chi connectivity index (χ1n) is 5.46. The molecule has 0 aliphatic rings. The van der Waals surface area contributed by atoms with E-state index >= 15 is 0 Å². The first-order chi connectivity index (χ1) is 7.67. The van der Waals surface area contributed by atoms with Crippen molar-refractivity contribution in [2.75, 3.05) is 11.9 Å². The van der Waals surface area contributed by atoms with E-state index in [4.69, 9.17) is 10.5 Å². The Labute approximate surface area is 95.8 Å². The lowest BCUT2D eigenvalue weighted by atomic mass is 10.2. The second-order valence-electron chi connectivity index (χ2n) is 3.46. The van der Waals surface area contributed by atoms with Crippen molar-refractivity contribution in [3.05, 3.63) is 24.3 Å². The van der Waals surface area contributed by atoms with Crippen molar-refractivity contribution in [2.24, 2.45) is 5.73 Å². The van der Waals surface area contributed by atoms with Gasteiger partial charge in [-0.2, -0.15) is 0 Å². The molecule has 0 saturated heterocycles. The lowest BCUT2D eigenvalue weighted by Crippen LogP contribution is -2.34. The Morgan fingerprint density at radius 1 is 1.50 bits per heavy atom. The van der Waals surface area contributed by atoms with Gasteiger partial charge < -0.3 is 15.8 Å². The fourth-order valence-electron chi connectivity index (χ4n) is 1.25. The van der Waals surface area contributed by atoms with Crippen LogP contribution in [0, 0.1) is 0 Å². The van der Waals surface area contributed by atoms with Crippen LogP contribution in [0.2, 0.25) is 0 Å². The predicted molar refractivity (Wildman–Crippen MR) is 64.5 cm³/mol. The number of carbonyl (C=O) groups is 1. The van der Waals surface area contributed by atoms with E-state index in [1.54, 1.807) is 6.07 Å². The fourth-order valence-corrected chi connectivity index (χ4v) is 1.25. The minimum absolute atomic E-state index is 0.170. The van der Waals surface area contributed by atoms with Crippen molar-refractivity contribution in [2.45, 2.75) is 26.3 Å². The first kappa shape index (κ1) is 12.5. The average Bonchev–Trinajstić information content (AvgIpc) is 2.29. The highest BCUT2D eigenvalue weighted by molar-refractivity contribution is 5.94. The first-order valence-corrected chi connectivity index (χ1v) is 5.46. The third-order valence-electron chi connectivity index (χ3n) is 2.19. The van der Waals surface area contributed by atoms with Gasteiger partial charge in [-0.25, -0.2) is 0 Å². The number of hydrogen-bond acceptors (Lipinski definition) is 3. The number of carbonyl (C=O) groups excluding carboxylic acids is 1. The van der Waals surface area contributed by atoms with E-state index in [0.29, 0.717) is 18.7 Å². The van der Waals surface area contributed by atoms with E-state index in [1.165, 1.54) is 0 Å². The second kappa shape index (κ2) is 6.12. The van der Waals surface area contributed by atoms with Gasteiger partial charge in [0, 0.05) is 11.8 Å². The predicted octanol–water partition coefficient (Wildman–Crippen LogP) is 1.76. The SMILES string of the molecule is CCOc1cccc(NC(=O)[C@@H](N)CC)c1. The highest BCUT2D eigenvalue weighted by Gasteiger charge is 2.10. The van der Waals surface area contributed by atoms with Gasteiger partial charge in [0.05, 0.1) is 12.6 Å². The maximum atomic E-state index is 11.5. The summed E-state index contributed by atoms with van der Waals surface area (Å²) in [7, 11) is 0. The lowest BCUT2D eigenvalue weighted by molar-refractivity contribution is -0.117. The molecule has 0 aliphatic heterocycles. The number of nitrogens with one attached hydrogen (secondary N) is 1. The smallest absolute Gasteiger partial charge is 0.241 e. The molecule has 0 fully saturated rings. The molecule has 0 aliphatic carbocycles. The van der Waals surface area contributed by atoms with Crippen LogP contribution in [0.5, 0.6) is 5.75 Å². The molecule has 1 rings (SSSR count). The van der Waals surface area contributed by atoms with Crippen LogP contribution < -0.4 is 15.8 Å². The van der Waals surface area contributed by atoms with Crippen molar-refractivity contribution in [3.63, 3.8) is 0 Å². The standard InChI is InChI=1S/C12H18N2O2/c1-3-11(13)12(15)14-9-6-5-7-10(8-9)16-4-2/h5-8,11H,3-4,13H2,1-2H3,(H,14,15)/t11-/m0/s1. The summed E-state index contributed by atoms with van der Waals surface area (Å²) >= 11 is 0. The van der Waals surface area contributed by atoms with Crippen LogP contribution in [-0.4, -0.2) is 18.6 Å². The lowest BCUT2D eigenvalue weighted by Gasteiger charge is -2.11. The molecule has 1 amide bonds. The van der Waals surface area contributed by atoms with Gasteiger partial charge in [-0.15, -0.1) is 0 Å². The van der Waals surface area contributed by atoms with Crippen molar-refractivity contribution < 1.29 is 9.53 Å². The molecule has 4 nitrogen and oxygen atoms in total. The highest BCUT2D eigenvalue weighted by Crippen LogP contribution is 2.17. The second-order valence-corrected chi connectivity index (χ2v) is 3.46. The molecule has 0 saturated carbocycles. The molecule has 0 spiro atoms. The van der Waals surface area contributed by atoms with E-state index in [9.17, 15) is 4.79 Å². The summed E-state index contributed by atoms with van der Waals surface area (Å²) in [5, 5.41) is 2.75. The Balaban J connectivity index is 2.66. The summed E-state index contributed by atoms with van der Waals surface area (Å²) in [5.41, 5.74) is 6.33. The maximum Gasteiger partial charge on any atom is 0.241 e. The van der Waals surface area contributed by atoms with E-state index < -0.39 is 6.04 Å². The number of hydrogen-bond donors (Lipinski definition) is 2. The van der Waals surface area contributed by atoms with Crippen LogP contribution >= 0.6 is 0 Å². The molecular formula is C12H18N2O2. The minimum Gasteiger partial charge on any atom is -0.494 e. The van der Waals surface area contributed by atoms with Crippen molar-refractivity contribution >= 4 is 11.6 Å². The molecule has 3 N–H and O–H groups in total. The Kier molecular flexibility index (Phi) is 4.79. The van der Waals surface area contributed by atoms with Crippen LogP contribution in [0.25, 0.3) is 0 Å². The van der Waals surface area contributed by atoms with E-state index in [-0.39, 0.29) is 5.91 Å². The summed E-state index contributed by atoms with van der Waals surface area (Å²) in [6, 6.07) is 6.81. The number of anilines is 1. The molecule has 0 radical (unpaired) electrons. The van der Waals surface area contributed by atoms with Gasteiger partial charge in [0.1, 0.15) is 5.75 Å². The topological polar surface area (TPSA) is 64.3 Å². The summed E-state index contributed by atoms with van der Waals surface area (Å²) in [6.45, 7) is 4.39. The Morgan fingerprint density at radius 2 is 2.25 bits per heavy atom. The zero-order valence-electron chi connectivity index (χ0n) is 9.69. The van der Waals surface area contributed by atoms with Gasteiger partial charge >= 0.3 is 0 Å². The Bertz CT molecular complexity index is 353. The molecule has 1 aromatic carbocycles. The minimum atomic E-state index is -0.462. The molecule has 0 unspecified atom stereocenters. The average molecular weight is 222 g/mol. The summed E-state index contributed by atoms with van der Waals surface area (Å²) in [5.74, 6) is 0.571. The summed E-state index contributed by atoms with van der Waals surface area (Å²) in [4.78, 5) is 11.5. The number of ether oxygens (including phenoxy) is 1. The molecule has 16 heavy (non-hydrogen) atoms. The molecule has 0 aromatic heterocycles. The molecular weight excluding hydrogens is 204 g/mol. The summed E-state index contributed by atoms with van der Waals surface area (Å²) in [6.07, 6.45) is 0.622. The van der Waals surface area contributed by atoms with Crippen LogP contribution in [0.3, 0.4) is 0 Å². The van der Waals surface area contributed by atoms with Crippen molar-refractivity contribution in [3.8, 4) is 5.75 Å². The molecule has 0 heterocycles. The van der Waals surface area contributed by atoms with E-state index in [2.05, 4.69) is 5.32 Å². The highest BCUT2D eigenvalue weighted by atomic mass is 16.5. The van der Waals surface area contributed by atoms with Gasteiger partial charge in [0.2, 0.25) is 5.91 Å². The van der Waals surface area contributed by atoms with Gasteiger partial charge in [-0.05, 0) is 25.5 Å². The molecule has 0 bridgehead atoms. The number of amides is 1. The normalized spacial score (nSPS) is 11.9. The monoisotopic (exact) mass is 222 g/mol. The van der Waals surface area contributed by atoms with Crippen LogP contribution in [0.4, 0.5) is 5.69 Å². The van der Waals surface area contributed by atoms with Gasteiger partial charge in [0.15, 0.2) is 0 Å². The number of benzene rings is 1. The zero-order valence-corrected chi connectivity index (χ0v) is 9.69. The molecule has 1 aromatic rings. The van der Waals surface area contributed by atoms with E-state index in [1.807, 2.05) is 32.0 Å². The third-order valence-corrected chi connectivity index (χ3v) is 2.19. The Morgan fingerprint density at radius 3 is 2.88 bits per heavy atom. The largest absolute Gasteiger partial charge is 0.494 e. The van der Waals surface area contributed by atoms with Crippen molar-refractivity contribution in [1.82, 2.24) is 0 Å². The molecule has 1 atom stereocenters. The van der Waals surface area contributed by atoms with Gasteiger partial charge in [-0.1, -0.05) is 13.0 Å². The molecule has 4 heteroatoms. The van der Waals surface area contributed by atoms with Crippen molar-refractivity contribution in [1.29, 1.82) is 0 Å². The van der Waals surface area contributed by atoms with Crippen LogP contribution in [0.1, 0.15) is 20.3 Å². The summed E-state index contributed by atoms with van der Waals surface area (Å²) < 4.78 is 5.33.